The van der Waals surface area contributed by atoms with Crippen LogP contribution in [0.5, 0.6) is 5.75 Å². The summed E-state index contributed by atoms with van der Waals surface area (Å²) in [5, 5.41) is 1.87. The van der Waals surface area contributed by atoms with Gasteiger partial charge in [0.25, 0.3) is 0 Å². The Morgan fingerprint density at radius 2 is 2.00 bits per heavy atom. The van der Waals surface area contributed by atoms with Crippen LogP contribution in [0.1, 0.15) is 24.2 Å². The summed E-state index contributed by atoms with van der Waals surface area (Å²) in [6.45, 7) is 3.21. The van der Waals surface area contributed by atoms with Gasteiger partial charge in [0, 0.05) is 19.9 Å². The Morgan fingerprint density at radius 3 is 2.68 bits per heavy atom. The third kappa shape index (κ3) is 2.04. The van der Waals surface area contributed by atoms with E-state index in [0.717, 1.165) is 4.88 Å². The number of rotatable bonds is 1. The average Bonchev–Trinajstić information content (AvgIpc) is 2.78. The van der Waals surface area contributed by atoms with E-state index in [1.54, 1.807) is 19.9 Å². The molecule has 1 aliphatic heterocycles. The molecular weight excluding hydrogens is 268 g/mol. The van der Waals surface area contributed by atoms with Crippen molar-refractivity contribution in [1.82, 2.24) is 0 Å². The van der Waals surface area contributed by atoms with Gasteiger partial charge in [-0.05, 0) is 11.4 Å². The molecule has 0 bridgehead atoms. The molecule has 0 atom stereocenters. The Balaban J connectivity index is 2.19. The third-order valence-electron chi connectivity index (χ3n) is 2.58. The molecule has 2 aromatic heterocycles. The first-order valence-electron chi connectivity index (χ1n) is 5.61. The van der Waals surface area contributed by atoms with Crippen LogP contribution in [0.25, 0.3) is 10.6 Å². The highest BCUT2D eigenvalue weighted by Crippen LogP contribution is 2.33. The van der Waals surface area contributed by atoms with Crippen LogP contribution in [0.2, 0.25) is 0 Å². The minimum atomic E-state index is -1.09. The van der Waals surface area contributed by atoms with E-state index in [-0.39, 0.29) is 11.3 Å². The van der Waals surface area contributed by atoms with Gasteiger partial charge in [-0.2, -0.15) is 0 Å². The molecule has 0 N–H and O–H groups in total. The average molecular weight is 278 g/mol. The summed E-state index contributed by atoms with van der Waals surface area (Å²) >= 11 is 1.43. The van der Waals surface area contributed by atoms with Crippen molar-refractivity contribution in [2.45, 2.75) is 19.6 Å². The Kier molecular flexibility index (Phi) is 2.50. The first kappa shape index (κ1) is 12.0. The van der Waals surface area contributed by atoms with E-state index in [1.807, 2.05) is 17.5 Å². The molecule has 0 radical (unpaired) electrons. The van der Waals surface area contributed by atoms with Gasteiger partial charge in [-0.25, -0.2) is 9.59 Å². The molecule has 0 aromatic carbocycles. The number of fused-ring (bicyclic) bond motifs is 1. The standard InChI is InChI=1S/C13H10O5S/c1-13(2)17-8-6-7(9-4-3-5-19-9)16-11(14)10(8)12(15)18-13/h3-6H,1-2H3. The molecule has 98 valence electrons. The van der Waals surface area contributed by atoms with E-state index < -0.39 is 17.4 Å². The highest BCUT2D eigenvalue weighted by Gasteiger charge is 2.37. The smallest absolute Gasteiger partial charge is 0.354 e. The minimum Gasteiger partial charge on any atom is -0.451 e. The predicted molar refractivity (Wildman–Crippen MR) is 68.4 cm³/mol. The monoisotopic (exact) mass is 278 g/mol. The van der Waals surface area contributed by atoms with Crippen molar-refractivity contribution in [3.63, 3.8) is 0 Å². The van der Waals surface area contributed by atoms with Crippen LogP contribution in [0.15, 0.2) is 32.8 Å². The Hall–Kier alpha value is -2.08. The fraction of sp³-hybridized carbons (Fsp3) is 0.231. The molecule has 0 fully saturated rings. The van der Waals surface area contributed by atoms with Crippen molar-refractivity contribution in [2.75, 3.05) is 0 Å². The molecule has 1 aliphatic rings. The summed E-state index contributed by atoms with van der Waals surface area (Å²) in [7, 11) is 0. The molecule has 0 saturated heterocycles. The molecule has 3 rings (SSSR count). The number of hydrogen-bond acceptors (Lipinski definition) is 6. The van der Waals surface area contributed by atoms with Crippen molar-refractivity contribution in [3.8, 4) is 16.4 Å². The van der Waals surface area contributed by atoms with Crippen LogP contribution in [0, 0.1) is 0 Å². The van der Waals surface area contributed by atoms with E-state index >= 15 is 0 Å². The summed E-state index contributed by atoms with van der Waals surface area (Å²) in [5.74, 6) is -1.24. The molecule has 0 spiro atoms. The number of carbonyl (C=O) groups is 1. The maximum Gasteiger partial charge on any atom is 0.354 e. The van der Waals surface area contributed by atoms with Crippen LogP contribution in [0.3, 0.4) is 0 Å². The number of cyclic esters (lactones) is 1. The van der Waals surface area contributed by atoms with Crippen molar-refractivity contribution in [2.24, 2.45) is 0 Å². The summed E-state index contributed by atoms with van der Waals surface area (Å²) in [4.78, 5) is 24.4. The van der Waals surface area contributed by atoms with Crippen molar-refractivity contribution in [1.29, 1.82) is 0 Å². The second-order valence-corrected chi connectivity index (χ2v) is 5.45. The highest BCUT2D eigenvalue weighted by atomic mass is 32.1. The van der Waals surface area contributed by atoms with Crippen LogP contribution in [-0.4, -0.2) is 11.8 Å². The lowest BCUT2D eigenvalue weighted by Crippen LogP contribution is -2.41. The number of ether oxygens (including phenoxy) is 2. The van der Waals surface area contributed by atoms with Crippen molar-refractivity contribution in [3.05, 3.63) is 39.6 Å². The topological polar surface area (TPSA) is 65.7 Å². The molecule has 0 saturated carbocycles. The number of thiophene rings is 1. The van der Waals surface area contributed by atoms with Gasteiger partial charge in [-0.1, -0.05) is 6.07 Å². The van der Waals surface area contributed by atoms with Crippen molar-refractivity contribution >= 4 is 17.3 Å². The van der Waals surface area contributed by atoms with Gasteiger partial charge in [0.2, 0.25) is 5.79 Å². The normalized spacial score (nSPS) is 16.4. The van der Waals surface area contributed by atoms with Crippen LogP contribution in [-0.2, 0) is 4.74 Å². The number of esters is 1. The molecule has 19 heavy (non-hydrogen) atoms. The van der Waals surface area contributed by atoms with Crippen molar-refractivity contribution < 1.29 is 18.7 Å². The zero-order valence-electron chi connectivity index (χ0n) is 10.3. The van der Waals surface area contributed by atoms with Crippen LogP contribution < -0.4 is 10.4 Å². The van der Waals surface area contributed by atoms with Gasteiger partial charge in [0.15, 0.2) is 11.3 Å². The predicted octanol–water partition coefficient (Wildman–Crippen LogP) is 2.65. The zero-order chi connectivity index (χ0) is 13.6. The lowest BCUT2D eigenvalue weighted by molar-refractivity contribution is -0.128. The Morgan fingerprint density at radius 1 is 1.21 bits per heavy atom. The van der Waals surface area contributed by atoms with Gasteiger partial charge in [-0.3, -0.25) is 0 Å². The molecule has 0 unspecified atom stereocenters. The first-order chi connectivity index (χ1) is 8.96. The summed E-state index contributed by atoms with van der Waals surface area (Å²) in [5.41, 5.74) is -0.943. The molecule has 3 heterocycles. The lowest BCUT2D eigenvalue weighted by Gasteiger charge is -2.30. The fourth-order valence-corrected chi connectivity index (χ4v) is 2.51. The van der Waals surface area contributed by atoms with E-state index in [4.69, 9.17) is 13.9 Å². The molecule has 0 amide bonds. The largest absolute Gasteiger partial charge is 0.451 e. The van der Waals surface area contributed by atoms with E-state index in [2.05, 4.69) is 0 Å². The van der Waals surface area contributed by atoms with E-state index in [9.17, 15) is 9.59 Å². The maximum atomic E-state index is 11.9. The Bertz CT molecular complexity index is 696. The quantitative estimate of drug-likeness (QED) is 0.750. The SMILES string of the molecule is CC1(C)OC(=O)c2c(cc(-c3cccs3)oc2=O)O1. The summed E-state index contributed by atoms with van der Waals surface area (Å²) < 4.78 is 15.6. The second kappa shape index (κ2) is 3.96. The minimum absolute atomic E-state index is 0.195. The highest BCUT2D eigenvalue weighted by molar-refractivity contribution is 7.13. The summed E-state index contributed by atoms with van der Waals surface area (Å²) in [6.07, 6.45) is 0. The molecule has 0 aliphatic carbocycles. The molecule has 6 heteroatoms. The molecule has 5 nitrogen and oxygen atoms in total. The van der Waals surface area contributed by atoms with Gasteiger partial charge in [0.1, 0.15) is 5.75 Å². The van der Waals surface area contributed by atoms with E-state index in [1.165, 1.54) is 11.3 Å². The fourth-order valence-electron chi connectivity index (χ4n) is 1.84. The Labute approximate surface area is 112 Å². The van der Waals surface area contributed by atoms with E-state index in [0.29, 0.717) is 5.76 Å². The lowest BCUT2D eigenvalue weighted by atomic mass is 10.2. The van der Waals surface area contributed by atoms with Crippen LogP contribution in [0.4, 0.5) is 0 Å². The molecule has 2 aromatic rings. The maximum absolute atomic E-state index is 11.9. The van der Waals surface area contributed by atoms with Crippen LogP contribution >= 0.6 is 11.3 Å². The first-order valence-corrected chi connectivity index (χ1v) is 6.49. The van der Waals surface area contributed by atoms with Gasteiger partial charge < -0.3 is 13.9 Å². The van der Waals surface area contributed by atoms with Gasteiger partial charge in [0.05, 0.1) is 4.88 Å². The number of hydrogen-bond donors (Lipinski definition) is 0. The second-order valence-electron chi connectivity index (χ2n) is 4.51. The summed E-state index contributed by atoms with van der Waals surface area (Å²) in [6, 6.07) is 5.21. The molecular formula is C13H10O5S. The number of carbonyl (C=O) groups excluding carboxylic acids is 1. The zero-order valence-corrected chi connectivity index (χ0v) is 11.1. The van der Waals surface area contributed by atoms with Gasteiger partial charge >= 0.3 is 11.6 Å². The van der Waals surface area contributed by atoms with Gasteiger partial charge in [-0.15, -0.1) is 11.3 Å². The third-order valence-corrected chi connectivity index (χ3v) is 3.46.